The molecule has 0 aliphatic rings. The van der Waals surface area contributed by atoms with Crippen LogP contribution in [0.2, 0.25) is 0 Å². The third kappa shape index (κ3) is 2.47. The van der Waals surface area contributed by atoms with Crippen molar-refractivity contribution in [2.75, 3.05) is 0 Å². The smallest absolute Gasteiger partial charge is 0.279 e. The zero-order valence-corrected chi connectivity index (χ0v) is 12.5. The number of nitriles is 1. The molecule has 5 nitrogen and oxygen atoms in total. The van der Waals surface area contributed by atoms with Crippen LogP contribution in [0.5, 0.6) is 0 Å². The van der Waals surface area contributed by atoms with Crippen LogP contribution in [0.1, 0.15) is 4.88 Å². The predicted molar refractivity (Wildman–Crippen MR) is 86.1 cm³/mol. The molecule has 0 aliphatic carbocycles. The Morgan fingerprint density at radius 1 is 1.09 bits per heavy atom. The third-order valence-electron chi connectivity index (χ3n) is 3.52. The van der Waals surface area contributed by atoms with E-state index in [1.807, 2.05) is 23.6 Å². The van der Waals surface area contributed by atoms with Crippen LogP contribution >= 0.6 is 11.3 Å². The first-order chi connectivity index (χ1) is 10.7. The molecular formula is C16H13N3O2S. The average molecular weight is 311 g/mol. The van der Waals surface area contributed by atoms with Crippen molar-refractivity contribution < 1.29 is 0 Å². The van der Waals surface area contributed by atoms with Gasteiger partial charge in [0.05, 0.1) is 17.0 Å². The summed E-state index contributed by atoms with van der Waals surface area (Å²) in [6.45, 7) is 0.243. The molecule has 0 bridgehead atoms. The number of fused-ring (bicyclic) bond motifs is 1. The molecule has 0 unspecified atom stereocenters. The maximum absolute atomic E-state index is 12.5. The van der Waals surface area contributed by atoms with Crippen molar-refractivity contribution in [3.05, 3.63) is 67.5 Å². The highest BCUT2D eigenvalue weighted by atomic mass is 32.1. The van der Waals surface area contributed by atoms with Gasteiger partial charge in [0.2, 0.25) is 0 Å². The molecule has 0 radical (unpaired) electrons. The normalized spacial score (nSPS) is 10.7. The average Bonchev–Trinajstić information content (AvgIpc) is 3.05. The Labute approximate surface area is 130 Å². The summed E-state index contributed by atoms with van der Waals surface area (Å²) in [6, 6.07) is 12.8. The lowest BCUT2D eigenvalue weighted by atomic mass is 10.2. The summed E-state index contributed by atoms with van der Waals surface area (Å²) in [5.74, 6) is 0. The van der Waals surface area contributed by atoms with Gasteiger partial charge in [0.1, 0.15) is 6.54 Å². The Morgan fingerprint density at radius 3 is 2.64 bits per heavy atom. The van der Waals surface area contributed by atoms with E-state index in [2.05, 4.69) is 0 Å². The van der Waals surface area contributed by atoms with Crippen molar-refractivity contribution in [2.24, 2.45) is 0 Å². The van der Waals surface area contributed by atoms with Crippen molar-refractivity contribution in [1.29, 1.82) is 5.26 Å². The monoisotopic (exact) mass is 311 g/mol. The van der Waals surface area contributed by atoms with Gasteiger partial charge in [0.15, 0.2) is 0 Å². The maximum atomic E-state index is 12.5. The number of thiophene rings is 1. The van der Waals surface area contributed by atoms with Crippen molar-refractivity contribution >= 4 is 22.2 Å². The lowest BCUT2D eigenvalue weighted by Crippen LogP contribution is -2.40. The Balaban J connectivity index is 2.15. The summed E-state index contributed by atoms with van der Waals surface area (Å²) < 4.78 is 2.57. The number of aryl methyl sites for hydroxylation is 1. The quantitative estimate of drug-likeness (QED) is 0.740. The number of para-hydroxylation sites is 1. The molecule has 3 aromatic rings. The molecule has 0 N–H and O–H groups in total. The number of nitrogens with zero attached hydrogens (tertiary/aromatic N) is 3. The lowest BCUT2D eigenvalue weighted by molar-refractivity contribution is 0.597. The summed E-state index contributed by atoms with van der Waals surface area (Å²) in [4.78, 5) is 26.2. The van der Waals surface area contributed by atoms with Crippen molar-refractivity contribution in [3.63, 3.8) is 0 Å². The molecule has 1 aromatic carbocycles. The van der Waals surface area contributed by atoms with Crippen LogP contribution in [0.4, 0.5) is 0 Å². The summed E-state index contributed by atoms with van der Waals surface area (Å²) in [5.41, 5.74) is -0.223. The van der Waals surface area contributed by atoms with Crippen LogP contribution in [0.25, 0.3) is 10.9 Å². The second-order valence-corrected chi connectivity index (χ2v) is 5.86. The lowest BCUT2D eigenvalue weighted by Gasteiger charge is -2.11. The fraction of sp³-hybridized carbons (Fsp3) is 0.188. The van der Waals surface area contributed by atoms with Crippen LogP contribution in [0.3, 0.4) is 0 Å². The minimum Gasteiger partial charge on any atom is -0.279 e. The van der Waals surface area contributed by atoms with Crippen LogP contribution in [0, 0.1) is 11.3 Å². The fourth-order valence-corrected chi connectivity index (χ4v) is 3.17. The molecule has 6 heteroatoms. The van der Waals surface area contributed by atoms with Gasteiger partial charge in [-0.05, 0) is 30.0 Å². The first-order valence-electron chi connectivity index (χ1n) is 6.84. The van der Waals surface area contributed by atoms with Crippen LogP contribution in [-0.4, -0.2) is 9.13 Å². The highest BCUT2D eigenvalue weighted by Gasteiger charge is 2.12. The fourth-order valence-electron chi connectivity index (χ4n) is 2.47. The Bertz CT molecular complexity index is 962. The Morgan fingerprint density at radius 2 is 1.91 bits per heavy atom. The minimum absolute atomic E-state index is 0.0708. The second kappa shape index (κ2) is 6.00. The molecule has 0 fully saturated rings. The molecule has 2 aromatic heterocycles. The van der Waals surface area contributed by atoms with Gasteiger partial charge < -0.3 is 0 Å². The number of benzene rings is 1. The van der Waals surface area contributed by atoms with Gasteiger partial charge in [-0.15, -0.1) is 11.3 Å². The molecule has 0 aliphatic heterocycles. The van der Waals surface area contributed by atoms with Gasteiger partial charge in [-0.3, -0.25) is 13.9 Å². The van der Waals surface area contributed by atoms with Gasteiger partial charge >= 0.3 is 5.69 Å². The first-order valence-corrected chi connectivity index (χ1v) is 7.72. The molecule has 3 rings (SSSR count). The molecule has 22 heavy (non-hydrogen) atoms. The van der Waals surface area contributed by atoms with E-state index in [9.17, 15) is 9.59 Å². The van der Waals surface area contributed by atoms with E-state index < -0.39 is 5.69 Å². The van der Waals surface area contributed by atoms with Crippen molar-refractivity contribution in [2.45, 2.75) is 19.5 Å². The van der Waals surface area contributed by atoms with E-state index in [0.717, 1.165) is 4.88 Å². The second-order valence-electron chi connectivity index (χ2n) is 4.83. The van der Waals surface area contributed by atoms with E-state index >= 15 is 0 Å². The predicted octanol–water partition coefficient (Wildman–Crippen LogP) is 1.99. The van der Waals surface area contributed by atoms with Gasteiger partial charge in [0.25, 0.3) is 5.56 Å². The molecule has 0 saturated heterocycles. The molecule has 2 heterocycles. The highest BCUT2D eigenvalue weighted by Crippen LogP contribution is 2.10. The third-order valence-corrected chi connectivity index (χ3v) is 4.46. The van der Waals surface area contributed by atoms with E-state index in [4.69, 9.17) is 5.26 Å². The summed E-state index contributed by atoms with van der Waals surface area (Å²) >= 11 is 1.60. The van der Waals surface area contributed by atoms with Gasteiger partial charge in [-0.25, -0.2) is 4.79 Å². The molecule has 0 atom stereocenters. The molecular weight excluding hydrogens is 298 g/mol. The summed E-state index contributed by atoms with van der Waals surface area (Å²) in [5, 5.41) is 11.4. The standard InChI is InChI=1S/C16H13N3O2S/c17-8-10-18-14-6-2-1-5-13(14)15(20)19(16(18)21)9-7-12-4-3-11-22-12/h1-6,11H,7,9-10H2. The van der Waals surface area contributed by atoms with Crippen molar-refractivity contribution in [1.82, 2.24) is 9.13 Å². The summed E-state index contributed by atoms with van der Waals surface area (Å²) in [7, 11) is 0. The highest BCUT2D eigenvalue weighted by molar-refractivity contribution is 7.09. The molecule has 0 saturated carbocycles. The molecule has 110 valence electrons. The number of hydrogen-bond acceptors (Lipinski definition) is 4. The van der Waals surface area contributed by atoms with Crippen LogP contribution in [-0.2, 0) is 19.5 Å². The Hall–Kier alpha value is -2.65. The van der Waals surface area contributed by atoms with Gasteiger partial charge in [-0.2, -0.15) is 5.26 Å². The number of aromatic nitrogens is 2. The van der Waals surface area contributed by atoms with Gasteiger partial charge in [-0.1, -0.05) is 18.2 Å². The minimum atomic E-state index is -0.429. The molecule has 0 spiro atoms. The summed E-state index contributed by atoms with van der Waals surface area (Å²) in [6.07, 6.45) is 0.623. The van der Waals surface area contributed by atoms with E-state index in [-0.39, 0.29) is 12.1 Å². The maximum Gasteiger partial charge on any atom is 0.332 e. The van der Waals surface area contributed by atoms with E-state index in [1.165, 1.54) is 9.13 Å². The SMILES string of the molecule is N#CCn1c(=O)n(CCc2cccs2)c(=O)c2ccccc21. The van der Waals surface area contributed by atoms with Crippen LogP contribution < -0.4 is 11.2 Å². The van der Waals surface area contributed by atoms with E-state index in [0.29, 0.717) is 23.9 Å². The largest absolute Gasteiger partial charge is 0.332 e. The number of rotatable bonds is 4. The zero-order valence-electron chi connectivity index (χ0n) is 11.7. The topological polar surface area (TPSA) is 67.8 Å². The van der Waals surface area contributed by atoms with Crippen LogP contribution in [0.15, 0.2) is 51.4 Å². The zero-order chi connectivity index (χ0) is 15.5. The Kier molecular flexibility index (Phi) is 3.90. The molecule has 0 amide bonds. The number of hydrogen-bond donors (Lipinski definition) is 0. The van der Waals surface area contributed by atoms with Crippen molar-refractivity contribution in [3.8, 4) is 6.07 Å². The van der Waals surface area contributed by atoms with E-state index in [1.54, 1.807) is 35.6 Å². The van der Waals surface area contributed by atoms with Gasteiger partial charge in [0, 0.05) is 11.4 Å². The first kappa shape index (κ1) is 14.3.